The summed E-state index contributed by atoms with van der Waals surface area (Å²) < 4.78 is 0. The molecular formula is C13H20ClNS. The van der Waals surface area contributed by atoms with E-state index in [1.807, 2.05) is 17.8 Å². The molecule has 0 saturated carbocycles. The number of thioether (sulfide) groups is 1. The molecule has 1 unspecified atom stereocenters. The Bertz CT molecular complexity index is 317. The molecule has 0 N–H and O–H groups in total. The van der Waals surface area contributed by atoms with Gasteiger partial charge in [0.1, 0.15) is 0 Å². The van der Waals surface area contributed by atoms with Crippen LogP contribution < -0.4 is 4.90 Å². The van der Waals surface area contributed by atoms with Crippen molar-refractivity contribution in [3.8, 4) is 0 Å². The van der Waals surface area contributed by atoms with Crippen LogP contribution in [-0.4, -0.2) is 25.1 Å². The molecule has 0 bridgehead atoms. The number of rotatable bonds is 6. The topological polar surface area (TPSA) is 3.24 Å². The first-order valence-corrected chi connectivity index (χ1v) is 7.53. The second-order valence-electron chi connectivity index (χ2n) is 3.89. The fourth-order valence-electron chi connectivity index (χ4n) is 1.86. The Kier molecular flexibility index (Phi) is 6.07. The van der Waals surface area contributed by atoms with Crippen LogP contribution in [0.5, 0.6) is 0 Å². The van der Waals surface area contributed by atoms with Crippen molar-refractivity contribution in [1.82, 2.24) is 0 Å². The van der Waals surface area contributed by atoms with E-state index in [2.05, 4.69) is 43.3 Å². The Hall–Kier alpha value is -0.340. The smallest absolute Gasteiger partial charge is 0.0494 e. The van der Waals surface area contributed by atoms with Crippen molar-refractivity contribution in [2.75, 3.05) is 24.0 Å². The third-order valence-corrected chi connectivity index (χ3v) is 3.90. The van der Waals surface area contributed by atoms with Crippen LogP contribution in [0.1, 0.15) is 18.9 Å². The third kappa shape index (κ3) is 3.33. The lowest BCUT2D eigenvalue weighted by Gasteiger charge is -2.30. The Morgan fingerprint density at radius 3 is 2.62 bits per heavy atom. The second-order valence-corrected chi connectivity index (χ2v) is 5.07. The Labute approximate surface area is 108 Å². The van der Waals surface area contributed by atoms with Gasteiger partial charge in [-0.3, -0.25) is 0 Å². The van der Waals surface area contributed by atoms with E-state index in [9.17, 15) is 0 Å². The van der Waals surface area contributed by atoms with Gasteiger partial charge in [0.15, 0.2) is 0 Å². The molecule has 0 radical (unpaired) electrons. The van der Waals surface area contributed by atoms with Crippen molar-refractivity contribution in [2.24, 2.45) is 0 Å². The van der Waals surface area contributed by atoms with Crippen molar-refractivity contribution >= 4 is 29.1 Å². The molecule has 0 heterocycles. The highest BCUT2D eigenvalue weighted by Gasteiger charge is 2.14. The molecule has 0 aliphatic heterocycles. The number of benzene rings is 1. The number of hydrogen-bond acceptors (Lipinski definition) is 2. The molecule has 0 spiro atoms. The van der Waals surface area contributed by atoms with Crippen molar-refractivity contribution < 1.29 is 0 Å². The molecule has 0 aliphatic carbocycles. The van der Waals surface area contributed by atoms with E-state index in [4.69, 9.17) is 11.6 Å². The minimum absolute atomic E-state index is 0.580. The van der Waals surface area contributed by atoms with Crippen molar-refractivity contribution in [1.29, 1.82) is 0 Å². The molecule has 0 amide bonds. The summed E-state index contributed by atoms with van der Waals surface area (Å²) in [5.74, 6) is 1.74. The van der Waals surface area contributed by atoms with Crippen molar-refractivity contribution in [3.05, 3.63) is 29.8 Å². The van der Waals surface area contributed by atoms with E-state index < -0.39 is 0 Å². The van der Waals surface area contributed by atoms with Gasteiger partial charge in [-0.05, 0) is 24.3 Å². The van der Waals surface area contributed by atoms with E-state index in [-0.39, 0.29) is 0 Å². The average molecular weight is 258 g/mol. The maximum absolute atomic E-state index is 5.97. The summed E-state index contributed by atoms with van der Waals surface area (Å²) in [6, 6.07) is 8.96. The number of hydrogen-bond donors (Lipinski definition) is 0. The quantitative estimate of drug-likeness (QED) is 0.709. The lowest BCUT2D eigenvalue weighted by Crippen LogP contribution is -2.33. The number of nitrogens with zero attached hydrogens (tertiary/aromatic N) is 1. The molecular weight excluding hydrogens is 238 g/mol. The number of para-hydroxylation sites is 1. The largest absolute Gasteiger partial charge is 0.371 e. The molecule has 0 fully saturated rings. The monoisotopic (exact) mass is 257 g/mol. The summed E-state index contributed by atoms with van der Waals surface area (Å²) in [6.07, 6.45) is 3.32. The predicted molar refractivity (Wildman–Crippen MR) is 76.9 cm³/mol. The van der Waals surface area contributed by atoms with Crippen LogP contribution in [0.4, 0.5) is 5.69 Å². The van der Waals surface area contributed by atoms with Gasteiger partial charge in [-0.1, -0.05) is 25.1 Å². The van der Waals surface area contributed by atoms with Crippen LogP contribution in [-0.2, 0) is 5.88 Å². The fraction of sp³-hybridized carbons (Fsp3) is 0.538. The van der Waals surface area contributed by atoms with Crippen molar-refractivity contribution in [3.63, 3.8) is 0 Å². The number of anilines is 1. The summed E-state index contributed by atoms with van der Waals surface area (Å²) >= 11 is 7.87. The van der Waals surface area contributed by atoms with Crippen LogP contribution in [0.25, 0.3) is 0 Å². The maximum Gasteiger partial charge on any atom is 0.0494 e. The summed E-state index contributed by atoms with van der Waals surface area (Å²) in [7, 11) is 2.16. The Balaban J connectivity index is 2.88. The third-order valence-electron chi connectivity index (χ3n) is 2.89. The van der Waals surface area contributed by atoms with E-state index in [1.165, 1.54) is 11.3 Å². The predicted octanol–water partition coefficient (Wildman–Crippen LogP) is 4.00. The van der Waals surface area contributed by atoms with Crippen LogP contribution >= 0.6 is 23.4 Å². The summed E-state index contributed by atoms with van der Waals surface area (Å²) in [4.78, 5) is 2.36. The SMILES string of the molecule is CCC(CSC)N(C)c1ccccc1CCl. The zero-order valence-electron chi connectivity index (χ0n) is 10.2. The number of halogens is 1. The lowest BCUT2D eigenvalue weighted by atomic mass is 10.1. The summed E-state index contributed by atoms with van der Waals surface area (Å²) in [6.45, 7) is 2.24. The van der Waals surface area contributed by atoms with E-state index in [0.717, 1.165) is 12.2 Å². The molecule has 1 rings (SSSR count). The fourth-order valence-corrected chi connectivity index (χ4v) is 2.93. The molecule has 0 saturated heterocycles. The highest BCUT2D eigenvalue weighted by molar-refractivity contribution is 7.98. The van der Waals surface area contributed by atoms with E-state index in [0.29, 0.717) is 11.9 Å². The summed E-state index contributed by atoms with van der Waals surface area (Å²) in [5, 5.41) is 0. The lowest BCUT2D eigenvalue weighted by molar-refractivity contribution is 0.671. The Morgan fingerprint density at radius 2 is 2.06 bits per heavy atom. The standard InChI is InChI=1S/C13H20ClNS/c1-4-12(10-16-3)15(2)13-8-6-5-7-11(13)9-14/h5-8,12H,4,9-10H2,1-3H3. The van der Waals surface area contributed by atoms with Gasteiger partial charge in [0.2, 0.25) is 0 Å². The van der Waals surface area contributed by atoms with E-state index in [1.54, 1.807) is 0 Å². The first kappa shape index (κ1) is 13.7. The molecule has 3 heteroatoms. The molecule has 0 aromatic heterocycles. The van der Waals surface area contributed by atoms with Gasteiger partial charge >= 0.3 is 0 Å². The maximum atomic E-state index is 5.97. The van der Waals surface area contributed by atoms with Gasteiger partial charge in [0.25, 0.3) is 0 Å². The molecule has 16 heavy (non-hydrogen) atoms. The zero-order valence-corrected chi connectivity index (χ0v) is 11.8. The molecule has 90 valence electrons. The molecule has 0 aliphatic rings. The molecule has 1 aromatic rings. The highest BCUT2D eigenvalue weighted by Crippen LogP contribution is 2.24. The van der Waals surface area contributed by atoms with Gasteiger partial charge < -0.3 is 4.90 Å². The highest BCUT2D eigenvalue weighted by atomic mass is 35.5. The van der Waals surface area contributed by atoms with Gasteiger partial charge in [-0.2, -0.15) is 11.8 Å². The molecule has 1 nitrogen and oxygen atoms in total. The van der Waals surface area contributed by atoms with Crippen LogP contribution in [0.2, 0.25) is 0 Å². The first-order valence-electron chi connectivity index (χ1n) is 5.60. The molecule has 1 atom stereocenters. The van der Waals surface area contributed by atoms with Gasteiger partial charge in [-0.25, -0.2) is 0 Å². The van der Waals surface area contributed by atoms with Crippen LogP contribution in [0.15, 0.2) is 24.3 Å². The minimum atomic E-state index is 0.580. The van der Waals surface area contributed by atoms with Crippen LogP contribution in [0.3, 0.4) is 0 Å². The van der Waals surface area contributed by atoms with Gasteiger partial charge in [0.05, 0.1) is 0 Å². The Morgan fingerprint density at radius 1 is 1.38 bits per heavy atom. The van der Waals surface area contributed by atoms with Gasteiger partial charge in [-0.15, -0.1) is 11.6 Å². The molecule has 1 aromatic carbocycles. The minimum Gasteiger partial charge on any atom is -0.371 e. The second kappa shape index (κ2) is 7.08. The van der Waals surface area contributed by atoms with Crippen LogP contribution in [0, 0.1) is 0 Å². The summed E-state index contributed by atoms with van der Waals surface area (Å²) in [5.41, 5.74) is 2.48. The zero-order chi connectivity index (χ0) is 12.0. The van der Waals surface area contributed by atoms with Gasteiger partial charge in [0, 0.05) is 30.4 Å². The van der Waals surface area contributed by atoms with Crippen molar-refractivity contribution in [2.45, 2.75) is 25.3 Å². The normalized spacial score (nSPS) is 12.5. The average Bonchev–Trinajstić information content (AvgIpc) is 2.35. The first-order chi connectivity index (χ1) is 7.74. The van der Waals surface area contributed by atoms with E-state index >= 15 is 0 Å². The number of alkyl halides is 1.